The summed E-state index contributed by atoms with van der Waals surface area (Å²) in [6.07, 6.45) is -5.69. The molecule has 178 valence electrons. The Balaban J connectivity index is 1.52. The number of benzene rings is 1. The standard InChI is InChI=1S/C20H22F3N5O4S/c1-32-15-4-2-3-14-17(15)26-8-12(7-24)18(14)27-10-19(11-27)5-13(6-19)28(33(25,30)31)9-16(29)20(21,22)23/h2-4,8,13,16,29H,5-6,9-11H2,1H3,(H2,25,30,31). The lowest BCUT2D eigenvalue weighted by Gasteiger charge is -2.61. The molecule has 1 saturated carbocycles. The molecule has 1 unspecified atom stereocenters. The summed E-state index contributed by atoms with van der Waals surface area (Å²) < 4.78 is 67.9. The highest BCUT2D eigenvalue weighted by Crippen LogP contribution is 2.53. The van der Waals surface area contributed by atoms with E-state index in [0.29, 0.717) is 52.8 Å². The lowest BCUT2D eigenvalue weighted by atomic mass is 9.60. The molecule has 33 heavy (non-hydrogen) atoms. The van der Waals surface area contributed by atoms with Crippen LogP contribution in [0.1, 0.15) is 18.4 Å². The molecule has 0 radical (unpaired) electrons. The van der Waals surface area contributed by atoms with Crippen molar-refractivity contribution >= 4 is 26.8 Å². The van der Waals surface area contributed by atoms with Crippen LogP contribution in [0.25, 0.3) is 10.9 Å². The van der Waals surface area contributed by atoms with E-state index in [-0.39, 0.29) is 5.41 Å². The molecule has 1 atom stereocenters. The van der Waals surface area contributed by atoms with E-state index < -0.39 is 35.1 Å². The molecule has 13 heteroatoms. The molecule has 9 nitrogen and oxygen atoms in total. The summed E-state index contributed by atoms with van der Waals surface area (Å²) in [6, 6.07) is 6.79. The lowest BCUT2D eigenvalue weighted by molar-refractivity contribution is -0.207. The van der Waals surface area contributed by atoms with Gasteiger partial charge in [0.25, 0.3) is 10.2 Å². The number of methoxy groups -OCH3 is 1. The molecule has 0 amide bonds. The fourth-order valence-corrected chi connectivity index (χ4v) is 5.74. The van der Waals surface area contributed by atoms with Crippen LogP contribution in [0.4, 0.5) is 18.9 Å². The van der Waals surface area contributed by atoms with Crippen molar-refractivity contribution in [3.8, 4) is 11.8 Å². The van der Waals surface area contributed by atoms with Gasteiger partial charge in [-0.25, -0.2) is 5.14 Å². The van der Waals surface area contributed by atoms with Gasteiger partial charge in [-0.1, -0.05) is 12.1 Å². The van der Waals surface area contributed by atoms with E-state index in [0.717, 1.165) is 5.39 Å². The van der Waals surface area contributed by atoms with Gasteiger partial charge in [-0.05, 0) is 18.9 Å². The second kappa shape index (κ2) is 7.98. The predicted molar refractivity (Wildman–Crippen MR) is 113 cm³/mol. The molecular formula is C20H22F3N5O4S. The largest absolute Gasteiger partial charge is 0.494 e. The number of aliphatic hydroxyl groups is 1. The SMILES string of the molecule is COc1cccc2c(N3CC4(CC(N(CC(O)C(F)(F)F)S(N)(=O)=O)C4)C3)c(C#N)cnc12. The number of para-hydroxylation sites is 1. The van der Waals surface area contributed by atoms with Crippen LogP contribution >= 0.6 is 0 Å². The average molecular weight is 485 g/mol. The van der Waals surface area contributed by atoms with Crippen LogP contribution in [0.2, 0.25) is 0 Å². The number of anilines is 1. The summed E-state index contributed by atoms with van der Waals surface area (Å²) >= 11 is 0. The highest BCUT2D eigenvalue weighted by atomic mass is 32.2. The molecule has 1 aromatic heterocycles. The average Bonchev–Trinajstić information content (AvgIpc) is 2.68. The number of alkyl halides is 3. The van der Waals surface area contributed by atoms with Crippen LogP contribution in [-0.4, -0.2) is 67.9 Å². The third-order valence-corrected chi connectivity index (χ3v) is 7.44. The number of hydrogen-bond acceptors (Lipinski definition) is 7. The highest BCUT2D eigenvalue weighted by Gasteiger charge is 2.56. The van der Waals surface area contributed by atoms with Crippen LogP contribution in [0.5, 0.6) is 5.75 Å². The summed E-state index contributed by atoms with van der Waals surface area (Å²) in [5.41, 5.74) is 1.35. The second-order valence-electron chi connectivity index (χ2n) is 8.58. The number of hydrogen-bond donors (Lipinski definition) is 2. The van der Waals surface area contributed by atoms with Gasteiger partial charge in [0, 0.05) is 36.1 Å². The first kappa shape index (κ1) is 23.5. The van der Waals surface area contributed by atoms with E-state index in [4.69, 9.17) is 9.88 Å². The number of aromatic nitrogens is 1. The van der Waals surface area contributed by atoms with Crippen molar-refractivity contribution in [3.63, 3.8) is 0 Å². The highest BCUT2D eigenvalue weighted by molar-refractivity contribution is 7.86. The Morgan fingerprint density at radius 1 is 1.42 bits per heavy atom. The van der Waals surface area contributed by atoms with Crippen LogP contribution in [0, 0.1) is 16.7 Å². The van der Waals surface area contributed by atoms with Crippen molar-refractivity contribution < 1.29 is 31.4 Å². The van der Waals surface area contributed by atoms with Gasteiger partial charge >= 0.3 is 6.18 Å². The van der Waals surface area contributed by atoms with Gasteiger partial charge in [-0.15, -0.1) is 0 Å². The number of pyridine rings is 1. The number of ether oxygens (including phenoxy) is 1. The fraction of sp³-hybridized carbons (Fsp3) is 0.500. The van der Waals surface area contributed by atoms with Crippen molar-refractivity contribution in [2.75, 3.05) is 31.6 Å². The molecule has 3 N–H and O–H groups in total. The van der Waals surface area contributed by atoms with E-state index in [1.54, 1.807) is 12.1 Å². The molecule has 1 spiro atoms. The Labute approximate surface area is 188 Å². The zero-order valence-electron chi connectivity index (χ0n) is 17.6. The molecule has 1 saturated heterocycles. The quantitative estimate of drug-likeness (QED) is 0.634. The van der Waals surface area contributed by atoms with Crippen molar-refractivity contribution in [2.24, 2.45) is 10.6 Å². The van der Waals surface area contributed by atoms with Crippen molar-refractivity contribution in [3.05, 3.63) is 30.0 Å². The summed E-state index contributed by atoms with van der Waals surface area (Å²) in [5, 5.41) is 24.8. The third-order valence-electron chi connectivity index (χ3n) is 6.34. The normalized spacial score (nSPS) is 19.3. The monoisotopic (exact) mass is 485 g/mol. The number of nitriles is 1. The first-order valence-electron chi connectivity index (χ1n) is 10.0. The number of halogens is 3. The van der Waals surface area contributed by atoms with Crippen LogP contribution in [0.15, 0.2) is 24.4 Å². The molecule has 2 aliphatic rings. The van der Waals surface area contributed by atoms with Gasteiger partial charge in [-0.3, -0.25) is 4.98 Å². The number of aliphatic hydroxyl groups excluding tert-OH is 1. The maximum atomic E-state index is 12.7. The summed E-state index contributed by atoms with van der Waals surface area (Å²) in [5.74, 6) is 0.559. The minimum atomic E-state index is -4.95. The maximum Gasteiger partial charge on any atom is 0.415 e. The Bertz CT molecular complexity index is 1220. The van der Waals surface area contributed by atoms with Crippen molar-refractivity contribution in [1.82, 2.24) is 9.29 Å². The zero-order chi connectivity index (χ0) is 24.2. The fourth-order valence-electron chi connectivity index (χ4n) is 4.83. The molecule has 2 aromatic rings. The first-order valence-corrected chi connectivity index (χ1v) is 11.5. The number of nitrogens with zero attached hydrogens (tertiary/aromatic N) is 4. The second-order valence-corrected chi connectivity index (χ2v) is 10.1. The van der Waals surface area contributed by atoms with E-state index in [1.165, 1.54) is 13.3 Å². The van der Waals surface area contributed by atoms with Crippen LogP contribution in [0.3, 0.4) is 0 Å². The molecule has 1 aromatic carbocycles. The molecule has 2 fully saturated rings. The summed E-state index contributed by atoms with van der Waals surface area (Å²) in [7, 11) is -2.91. The van der Waals surface area contributed by atoms with E-state index in [2.05, 4.69) is 11.1 Å². The third kappa shape index (κ3) is 4.19. The molecule has 2 heterocycles. The molecule has 1 aliphatic carbocycles. The van der Waals surface area contributed by atoms with Gasteiger partial charge < -0.3 is 14.7 Å². The van der Waals surface area contributed by atoms with E-state index in [1.807, 2.05) is 11.0 Å². The minimum Gasteiger partial charge on any atom is -0.494 e. The van der Waals surface area contributed by atoms with Crippen molar-refractivity contribution in [2.45, 2.75) is 31.2 Å². The number of fused-ring (bicyclic) bond motifs is 1. The number of nitrogens with two attached hydrogens (primary N) is 1. The summed E-state index contributed by atoms with van der Waals surface area (Å²) in [4.78, 5) is 6.30. The van der Waals surface area contributed by atoms with Gasteiger partial charge in [0.15, 0.2) is 6.10 Å². The van der Waals surface area contributed by atoms with Crippen molar-refractivity contribution in [1.29, 1.82) is 5.26 Å². The van der Waals surface area contributed by atoms with Gasteiger partial charge in [0.1, 0.15) is 17.3 Å². The Morgan fingerprint density at radius 3 is 2.64 bits per heavy atom. The number of rotatable bonds is 6. The van der Waals surface area contributed by atoms with Crippen LogP contribution in [-0.2, 0) is 10.2 Å². The van der Waals surface area contributed by atoms with E-state index >= 15 is 0 Å². The van der Waals surface area contributed by atoms with Gasteiger partial charge in [0.05, 0.1) is 24.9 Å². The lowest BCUT2D eigenvalue weighted by Crippen LogP contribution is -2.68. The topological polar surface area (TPSA) is 133 Å². The Morgan fingerprint density at radius 2 is 2.09 bits per heavy atom. The van der Waals surface area contributed by atoms with Gasteiger partial charge in [0.2, 0.25) is 0 Å². The van der Waals surface area contributed by atoms with Gasteiger partial charge in [-0.2, -0.15) is 31.2 Å². The Hall–Kier alpha value is -2.66. The molecule has 1 aliphatic heterocycles. The predicted octanol–water partition coefficient (Wildman–Crippen LogP) is 1.51. The first-order chi connectivity index (χ1) is 15.4. The minimum absolute atomic E-state index is 0.304. The molecule has 4 rings (SSSR count). The van der Waals surface area contributed by atoms with Crippen LogP contribution < -0.4 is 14.8 Å². The summed E-state index contributed by atoms with van der Waals surface area (Å²) in [6.45, 7) is -0.149. The smallest absolute Gasteiger partial charge is 0.415 e. The maximum absolute atomic E-state index is 12.7. The Kier molecular flexibility index (Phi) is 5.68. The molecule has 0 bridgehead atoms. The zero-order valence-corrected chi connectivity index (χ0v) is 18.4. The van der Waals surface area contributed by atoms with E-state index in [9.17, 15) is 32.0 Å². The molecular weight excluding hydrogens is 463 g/mol.